The van der Waals surface area contributed by atoms with Gasteiger partial charge >= 0.3 is 0 Å². The van der Waals surface area contributed by atoms with E-state index in [0.29, 0.717) is 42.3 Å². The number of amides is 1. The number of benzene rings is 2. The van der Waals surface area contributed by atoms with Crippen molar-refractivity contribution in [2.45, 2.75) is 26.0 Å². The Morgan fingerprint density at radius 2 is 1.90 bits per heavy atom. The lowest BCUT2D eigenvalue weighted by Gasteiger charge is -2.30. The molecule has 2 aliphatic heterocycles. The van der Waals surface area contributed by atoms with Crippen LogP contribution in [0, 0.1) is 13.8 Å². The molecular formula is C24H25N3O4. The van der Waals surface area contributed by atoms with Crippen molar-refractivity contribution < 1.29 is 19.2 Å². The van der Waals surface area contributed by atoms with Gasteiger partial charge in [-0.2, -0.15) is 0 Å². The van der Waals surface area contributed by atoms with Crippen LogP contribution in [0.25, 0.3) is 11.1 Å². The Bertz CT molecular complexity index is 1130. The van der Waals surface area contributed by atoms with Gasteiger partial charge in [0.2, 0.25) is 0 Å². The molecule has 3 aromatic rings. The molecule has 5 rings (SSSR count). The molecular weight excluding hydrogens is 394 g/mol. The normalized spacial score (nSPS) is 21.2. The van der Waals surface area contributed by atoms with E-state index in [4.69, 9.17) is 9.26 Å². The smallest absolute Gasteiger partial charge is 0.265 e. The highest BCUT2D eigenvalue weighted by molar-refractivity contribution is 6.08. The molecule has 0 unspecified atom stereocenters. The number of anilines is 1. The minimum atomic E-state index is -1.77. The predicted octanol–water partition coefficient (Wildman–Crippen LogP) is 2.98. The summed E-state index contributed by atoms with van der Waals surface area (Å²) >= 11 is 0. The second-order valence-electron chi connectivity index (χ2n) is 8.17. The molecule has 0 spiro atoms. The van der Waals surface area contributed by atoms with Gasteiger partial charge in [-0.3, -0.25) is 9.69 Å². The van der Waals surface area contributed by atoms with Gasteiger partial charge in [-0.15, -0.1) is 0 Å². The maximum absolute atomic E-state index is 13.1. The largest absolute Gasteiger partial charge is 0.379 e. The molecule has 3 heterocycles. The first-order valence-electron chi connectivity index (χ1n) is 10.5. The summed E-state index contributed by atoms with van der Waals surface area (Å²) in [7, 11) is 0. The number of carbonyl (C=O) groups excluding carboxylic acids is 1. The lowest BCUT2D eigenvalue weighted by molar-refractivity contribution is -0.129. The Hall–Kier alpha value is -3.00. The summed E-state index contributed by atoms with van der Waals surface area (Å²) in [6, 6.07) is 13.2. The topological polar surface area (TPSA) is 87.8 Å². The molecule has 31 heavy (non-hydrogen) atoms. The van der Waals surface area contributed by atoms with Gasteiger partial charge in [-0.25, -0.2) is 0 Å². The lowest BCUT2D eigenvalue weighted by atomic mass is 9.83. The van der Waals surface area contributed by atoms with Crippen LogP contribution >= 0.6 is 0 Å². The van der Waals surface area contributed by atoms with Gasteiger partial charge < -0.3 is 19.7 Å². The number of aryl methyl sites for hydroxylation is 2. The van der Waals surface area contributed by atoms with Crippen LogP contribution in [0.3, 0.4) is 0 Å². The summed E-state index contributed by atoms with van der Waals surface area (Å²) < 4.78 is 10.8. The number of rotatable bonds is 4. The fraction of sp³-hybridized carbons (Fsp3) is 0.333. The Morgan fingerprint density at radius 3 is 2.65 bits per heavy atom. The van der Waals surface area contributed by atoms with Crippen LogP contribution in [0.5, 0.6) is 0 Å². The number of morpholine rings is 1. The molecule has 0 saturated carbocycles. The molecule has 2 N–H and O–H groups in total. The van der Waals surface area contributed by atoms with E-state index in [1.807, 2.05) is 56.3 Å². The van der Waals surface area contributed by atoms with Crippen LogP contribution in [0.2, 0.25) is 0 Å². The minimum absolute atomic E-state index is 0.437. The summed E-state index contributed by atoms with van der Waals surface area (Å²) in [5.74, 6) is 0.263. The van der Waals surface area contributed by atoms with E-state index in [2.05, 4.69) is 15.4 Å². The number of aliphatic hydroxyl groups is 1. The Balaban J connectivity index is 1.60. The van der Waals surface area contributed by atoms with E-state index >= 15 is 0 Å². The number of fused-ring (bicyclic) bond motifs is 1. The number of hydrogen-bond donors (Lipinski definition) is 2. The number of aromatic nitrogens is 1. The maximum atomic E-state index is 13.1. The zero-order valence-electron chi connectivity index (χ0n) is 17.6. The van der Waals surface area contributed by atoms with Gasteiger partial charge in [0.1, 0.15) is 5.76 Å². The summed E-state index contributed by atoms with van der Waals surface area (Å²) in [5, 5.41) is 18.8. The molecule has 1 saturated heterocycles. The molecule has 0 radical (unpaired) electrons. The summed E-state index contributed by atoms with van der Waals surface area (Å²) in [4.78, 5) is 15.4. The SMILES string of the molecule is Cc1noc(C)c1-c1ccc2c(c1)[C@](O)(c1ccccc1CN1CCOCC1)C(=O)N2. The van der Waals surface area contributed by atoms with Gasteiger partial charge in [0.15, 0.2) is 5.60 Å². The third-order valence-electron chi connectivity index (χ3n) is 6.21. The van der Waals surface area contributed by atoms with Crippen LogP contribution in [0.1, 0.15) is 28.1 Å². The predicted molar refractivity (Wildman–Crippen MR) is 116 cm³/mol. The second kappa shape index (κ2) is 7.60. The van der Waals surface area contributed by atoms with Crippen LogP contribution in [-0.2, 0) is 21.7 Å². The number of hydrogen-bond acceptors (Lipinski definition) is 6. The van der Waals surface area contributed by atoms with Crippen LogP contribution in [-0.4, -0.2) is 47.4 Å². The zero-order chi connectivity index (χ0) is 21.6. The Morgan fingerprint density at radius 1 is 1.13 bits per heavy atom. The van der Waals surface area contributed by atoms with Crippen molar-refractivity contribution in [3.05, 3.63) is 70.6 Å². The average molecular weight is 419 g/mol. The molecule has 1 fully saturated rings. The number of ether oxygens (including phenoxy) is 1. The molecule has 7 nitrogen and oxygen atoms in total. The van der Waals surface area contributed by atoms with Crippen LogP contribution in [0.15, 0.2) is 47.0 Å². The van der Waals surface area contributed by atoms with Crippen LogP contribution < -0.4 is 5.32 Å². The van der Waals surface area contributed by atoms with E-state index in [-0.39, 0.29) is 0 Å². The fourth-order valence-corrected chi connectivity index (χ4v) is 4.62. The lowest BCUT2D eigenvalue weighted by Crippen LogP contribution is -2.39. The molecule has 7 heteroatoms. The van der Waals surface area contributed by atoms with Gasteiger partial charge in [-0.1, -0.05) is 35.5 Å². The summed E-state index contributed by atoms with van der Waals surface area (Å²) in [5.41, 5.74) is 3.43. The molecule has 0 aliphatic carbocycles. The number of nitrogens with zero attached hydrogens (tertiary/aromatic N) is 2. The molecule has 2 aromatic carbocycles. The first kappa shape index (κ1) is 19.9. The maximum Gasteiger partial charge on any atom is 0.265 e. The third kappa shape index (κ3) is 3.26. The summed E-state index contributed by atoms with van der Waals surface area (Å²) in [6.07, 6.45) is 0. The molecule has 1 aromatic heterocycles. The number of nitrogens with one attached hydrogen (secondary N) is 1. The van der Waals surface area contributed by atoms with E-state index in [0.717, 1.165) is 35.5 Å². The van der Waals surface area contributed by atoms with Crippen molar-refractivity contribution >= 4 is 11.6 Å². The highest BCUT2D eigenvalue weighted by Crippen LogP contribution is 2.44. The third-order valence-corrected chi connectivity index (χ3v) is 6.21. The first-order chi connectivity index (χ1) is 15.0. The summed E-state index contributed by atoms with van der Waals surface area (Å²) in [6.45, 7) is 7.42. The number of carbonyl (C=O) groups is 1. The monoisotopic (exact) mass is 419 g/mol. The second-order valence-corrected chi connectivity index (χ2v) is 8.17. The molecule has 0 bridgehead atoms. The highest BCUT2D eigenvalue weighted by atomic mass is 16.5. The van der Waals surface area contributed by atoms with Gasteiger partial charge in [-0.05, 0) is 37.1 Å². The molecule has 2 aliphatic rings. The van der Waals surface area contributed by atoms with Crippen molar-refractivity contribution in [2.75, 3.05) is 31.6 Å². The van der Waals surface area contributed by atoms with Crippen molar-refractivity contribution in [1.29, 1.82) is 0 Å². The first-order valence-corrected chi connectivity index (χ1v) is 10.5. The quantitative estimate of drug-likeness (QED) is 0.676. The van der Waals surface area contributed by atoms with E-state index in [9.17, 15) is 9.90 Å². The molecule has 1 atom stereocenters. The fourth-order valence-electron chi connectivity index (χ4n) is 4.62. The van der Waals surface area contributed by atoms with Gasteiger partial charge in [0, 0.05) is 42.0 Å². The van der Waals surface area contributed by atoms with E-state index < -0.39 is 11.5 Å². The van der Waals surface area contributed by atoms with E-state index in [1.54, 1.807) is 0 Å². The Labute approximate surface area is 180 Å². The van der Waals surface area contributed by atoms with Gasteiger partial charge in [0.05, 0.1) is 18.9 Å². The van der Waals surface area contributed by atoms with E-state index in [1.165, 1.54) is 0 Å². The minimum Gasteiger partial charge on any atom is -0.379 e. The van der Waals surface area contributed by atoms with Crippen molar-refractivity contribution in [3.63, 3.8) is 0 Å². The zero-order valence-corrected chi connectivity index (χ0v) is 17.6. The van der Waals surface area contributed by atoms with Crippen molar-refractivity contribution in [1.82, 2.24) is 10.1 Å². The van der Waals surface area contributed by atoms with Gasteiger partial charge in [0.25, 0.3) is 5.91 Å². The van der Waals surface area contributed by atoms with Crippen molar-refractivity contribution in [2.24, 2.45) is 0 Å². The molecule has 160 valence electrons. The average Bonchev–Trinajstić information content (AvgIpc) is 3.25. The Kier molecular flexibility index (Phi) is 4.89. The van der Waals surface area contributed by atoms with Crippen molar-refractivity contribution in [3.8, 4) is 11.1 Å². The van der Waals surface area contributed by atoms with Crippen LogP contribution in [0.4, 0.5) is 5.69 Å². The standard InChI is InChI=1S/C24H25N3O4/c1-15-22(16(2)31-26-15)17-7-8-21-20(13-17)24(29,23(28)25-21)19-6-4-3-5-18(19)14-27-9-11-30-12-10-27/h3-8,13,29H,9-12,14H2,1-2H3,(H,25,28)/t24-/m1/s1. The molecule has 1 amide bonds. The highest BCUT2D eigenvalue weighted by Gasteiger charge is 2.48.